The molecule has 1 aromatic rings. The van der Waals surface area contributed by atoms with Crippen LogP contribution in [-0.4, -0.2) is 7.05 Å². The Balaban J connectivity index is 3.02. The Morgan fingerprint density at radius 2 is 2.17 bits per heavy atom. The predicted octanol–water partition coefficient (Wildman–Crippen LogP) is 1.72. The van der Waals surface area contributed by atoms with E-state index in [0.717, 1.165) is 0 Å². The van der Waals surface area contributed by atoms with Crippen molar-refractivity contribution in [3.05, 3.63) is 35.6 Å². The third-order valence-electron chi connectivity index (χ3n) is 1.67. The minimum absolute atomic E-state index is 0.269. The number of hydrogen-bond acceptors (Lipinski definition) is 1. The number of benzene rings is 1. The number of halogens is 1. The van der Waals surface area contributed by atoms with Gasteiger partial charge in [-0.05, 0) is 13.1 Å². The first kappa shape index (κ1) is 8.76. The molecule has 0 fully saturated rings. The van der Waals surface area contributed by atoms with Gasteiger partial charge in [-0.1, -0.05) is 24.1 Å². The van der Waals surface area contributed by atoms with E-state index in [9.17, 15) is 4.39 Å². The molecule has 0 aliphatic carbocycles. The van der Waals surface area contributed by atoms with Crippen LogP contribution in [0, 0.1) is 18.2 Å². The zero-order chi connectivity index (χ0) is 8.97. The molecule has 1 nitrogen and oxygen atoms in total. The Kier molecular flexibility index (Phi) is 2.84. The molecule has 0 aromatic heterocycles. The normalized spacial score (nSPS) is 12.1. The van der Waals surface area contributed by atoms with Crippen LogP contribution in [0.15, 0.2) is 24.3 Å². The quantitative estimate of drug-likeness (QED) is 0.654. The molecular weight excluding hydrogens is 153 g/mol. The van der Waals surface area contributed by atoms with Crippen LogP contribution in [0.3, 0.4) is 0 Å². The largest absolute Gasteiger partial charge is 0.303 e. The van der Waals surface area contributed by atoms with Gasteiger partial charge in [-0.25, -0.2) is 4.39 Å². The molecule has 12 heavy (non-hydrogen) atoms. The molecule has 0 amide bonds. The van der Waals surface area contributed by atoms with E-state index in [1.54, 1.807) is 25.2 Å². The maximum Gasteiger partial charge on any atom is 0.128 e. The molecule has 2 heteroatoms. The summed E-state index contributed by atoms with van der Waals surface area (Å²) in [5, 5.41) is 2.83. The van der Waals surface area contributed by atoms with Gasteiger partial charge in [-0.2, -0.15) is 0 Å². The molecule has 0 aliphatic heterocycles. The zero-order valence-electron chi connectivity index (χ0n) is 6.84. The maximum atomic E-state index is 13.1. The van der Waals surface area contributed by atoms with Crippen molar-refractivity contribution in [2.45, 2.75) is 6.04 Å². The zero-order valence-corrected chi connectivity index (χ0v) is 6.84. The first-order valence-corrected chi connectivity index (χ1v) is 3.67. The van der Waals surface area contributed by atoms with Gasteiger partial charge in [0, 0.05) is 5.56 Å². The summed E-state index contributed by atoms with van der Waals surface area (Å²) in [4.78, 5) is 0. The number of nitrogens with one attached hydrogen (secondary N) is 1. The highest BCUT2D eigenvalue weighted by Crippen LogP contribution is 2.14. The van der Waals surface area contributed by atoms with Gasteiger partial charge in [-0.15, -0.1) is 6.42 Å². The van der Waals surface area contributed by atoms with E-state index in [4.69, 9.17) is 6.42 Å². The van der Waals surface area contributed by atoms with Crippen LogP contribution < -0.4 is 5.32 Å². The summed E-state index contributed by atoms with van der Waals surface area (Å²) >= 11 is 0. The van der Waals surface area contributed by atoms with Crippen molar-refractivity contribution < 1.29 is 4.39 Å². The fourth-order valence-electron chi connectivity index (χ4n) is 1.04. The highest BCUT2D eigenvalue weighted by Gasteiger charge is 2.08. The van der Waals surface area contributed by atoms with E-state index in [-0.39, 0.29) is 11.9 Å². The molecule has 1 aromatic carbocycles. The first-order valence-electron chi connectivity index (χ1n) is 3.67. The Bertz CT molecular complexity index is 301. The summed E-state index contributed by atoms with van der Waals surface area (Å²) in [6.45, 7) is 0. The van der Waals surface area contributed by atoms with E-state index < -0.39 is 0 Å². The van der Waals surface area contributed by atoms with E-state index in [1.807, 2.05) is 0 Å². The van der Waals surface area contributed by atoms with Gasteiger partial charge in [0.15, 0.2) is 0 Å². The smallest absolute Gasteiger partial charge is 0.128 e. The van der Waals surface area contributed by atoms with Crippen molar-refractivity contribution in [1.82, 2.24) is 5.32 Å². The summed E-state index contributed by atoms with van der Waals surface area (Å²) in [5.41, 5.74) is 0.516. The van der Waals surface area contributed by atoms with Gasteiger partial charge >= 0.3 is 0 Å². The molecular formula is C10H10FN. The fraction of sp³-hybridized carbons (Fsp3) is 0.200. The third kappa shape index (κ3) is 1.63. The van der Waals surface area contributed by atoms with Gasteiger partial charge in [0.2, 0.25) is 0 Å². The lowest BCUT2D eigenvalue weighted by Crippen LogP contribution is -2.15. The van der Waals surface area contributed by atoms with Crippen LogP contribution in [0.1, 0.15) is 11.6 Å². The Labute approximate surface area is 71.6 Å². The predicted molar refractivity (Wildman–Crippen MR) is 47.0 cm³/mol. The molecule has 62 valence electrons. The highest BCUT2D eigenvalue weighted by atomic mass is 19.1. The van der Waals surface area contributed by atoms with Gasteiger partial charge in [-0.3, -0.25) is 0 Å². The van der Waals surface area contributed by atoms with E-state index in [1.165, 1.54) is 6.07 Å². The van der Waals surface area contributed by atoms with Gasteiger partial charge in [0.05, 0.1) is 6.04 Å². The molecule has 0 spiro atoms. The summed E-state index contributed by atoms with van der Waals surface area (Å²) in [5.74, 6) is 2.19. The van der Waals surface area contributed by atoms with E-state index in [0.29, 0.717) is 5.56 Å². The van der Waals surface area contributed by atoms with Gasteiger partial charge in [0.25, 0.3) is 0 Å². The standard InChI is InChI=1S/C10H10FN/c1-3-10(12-2)8-6-4-5-7-9(8)11/h1,4-7,10,12H,2H3. The Hall–Kier alpha value is -1.33. The van der Waals surface area contributed by atoms with Crippen molar-refractivity contribution in [3.8, 4) is 12.3 Å². The van der Waals surface area contributed by atoms with Crippen LogP contribution in [0.5, 0.6) is 0 Å². The van der Waals surface area contributed by atoms with Crippen LogP contribution >= 0.6 is 0 Å². The average Bonchev–Trinajstić information content (AvgIpc) is 2.10. The summed E-state index contributed by atoms with van der Waals surface area (Å²) < 4.78 is 13.1. The van der Waals surface area contributed by atoms with Crippen molar-refractivity contribution in [3.63, 3.8) is 0 Å². The molecule has 0 saturated carbocycles. The molecule has 1 atom stereocenters. The van der Waals surface area contributed by atoms with Crippen LogP contribution in [0.2, 0.25) is 0 Å². The minimum Gasteiger partial charge on any atom is -0.303 e. The first-order chi connectivity index (χ1) is 5.79. The molecule has 0 radical (unpaired) electrons. The second kappa shape index (κ2) is 3.89. The molecule has 0 saturated heterocycles. The fourth-order valence-corrected chi connectivity index (χ4v) is 1.04. The summed E-state index contributed by atoms with van der Waals surface area (Å²) in [6.07, 6.45) is 5.21. The minimum atomic E-state index is -0.341. The summed E-state index contributed by atoms with van der Waals surface area (Å²) in [7, 11) is 1.71. The number of terminal acetylenes is 1. The van der Waals surface area contributed by atoms with Crippen LogP contribution in [0.25, 0.3) is 0 Å². The van der Waals surface area contributed by atoms with Crippen LogP contribution in [-0.2, 0) is 0 Å². The number of rotatable bonds is 2. The molecule has 0 heterocycles. The van der Waals surface area contributed by atoms with Crippen molar-refractivity contribution in [2.24, 2.45) is 0 Å². The maximum absolute atomic E-state index is 13.1. The average molecular weight is 163 g/mol. The second-order valence-electron chi connectivity index (χ2n) is 2.41. The van der Waals surface area contributed by atoms with Crippen molar-refractivity contribution in [2.75, 3.05) is 7.05 Å². The number of hydrogen-bond donors (Lipinski definition) is 1. The van der Waals surface area contributed by atoms with E-state index >= 15 is 0 Å². The van der Waals surface area contributed by atoms with Crippen molar-refractivity contribution in [1.29, 1.82) is 0 Å². The molecule has 0 aliphatic rings. The monoisotopic (exact) mass is 163 g/mol. The Morgan fingerprint density at radius 3 is 2.67 bits per heavy atom. The highest BCUT2D eigenvalue weighted by molar-refractivity contribution is 5.26. The summed E-state index contributed by atoms with van der Waals surface area (Å²) in [6, 6.07) is 6.14. The molecule has 1 N–H and O–H groups in total. The van der Waals surface area contributed by atoms with E-state index in [2.05, 4.69) is 11.2 Å². The molecule has 0 bridgehead atoms. The van der Waals surface area contributed by atoms with Crippen LogP contribution in [0.4, 0.5) is 4.39 Å². The lowest BCUT2D eigenvalue weighted by atomic mass is 10.1. The lowest BCUT2D eigenvalue weighted by molar-refractivity contribution is 0.587. The molecule has 1 unspecified atom stereocenters. The van der Waals surface area contributed by atoms with Crippen molar-refractivity contribution >= 4 is 0 Å². The van der Waals surface area contributed by atoms with Gasteiger partial charge < -0.3 is 5.32 Å². The van der Waals surface area contributed by atoms with Gasteiger partial charge in [0.1, 0.15) is 5.82 Å². The third-order valence-corrected chi connectivity index (χ3v) is 1.67. The SMILES string of the molecule is C#CC(NC)c1ccccc1F. The molecule has 1 rings (SSSR count). The lowest BCUT2D eigenvalue weighted by Gasteiger charge is -2.09. The second-order valence-corrected chi connectivity index (χ2v) is 2.41. The Morgan fingerprint density at radius 1 is 1.50 bits per heavy atom. The topological polar surface area (TPSA) is 12.0 Å².